The van der Waals surface area contributed by atoms with Crippen LogP contribution in [0.1, 0.15) is 11.1 Å². The zero-order valence-corrected chi connectivity index (χ0v) is 18.1. The molecular weight excluding hydrogens is 448 g/mol. The van der Waals surface area contributed by atoms with Crippen molar-refractivity contribution in [3.8, 4) is 0 Å². The van der Waals surface area contributed by atoms with Gasteiger partial charge >= 0.3 is 0 Å². The third-order valence-electron chi connectivity index (χ3n) is 3.54. The van der Waals surface area contributed by atoms with Crippen molar-refractivity contribution in [3.05, 3.63) is 70.7 Å². The van der Waals surface area contributed by atoms with Gasteiger partial charge in [-0.2, -0.15) is 0 Å². The number of aryl methyl sites for hydroxylation is 1. The number of sulfonamides is 1. The van der Waals surface area contributed by atoms with Crippen LogP contribution in [0.5, 0.6) is 0 Å². The molecule has 0 radical (unpaired) electrons. The van der Waals surface area contributed by atoms with Gasteiger partial charge in [0.1, 0.15) is 0 Å². The molecule has 0 aromatic heterocycles. The standard InChI is InChI=1S/C19H21BrN2O3S2/c1-3-10-21-27(24,25)13-15-4-7-17(8-5-15)22-19(23)12-26-18-9-6-16(20)11-14(18)2/h3-9,11,21H,1,10,12-13H2,2H3,(H,22,23). The van der Waals surface area contributed by atoms with Crippen LogP contribution in [0.3, 0.4) is 0 Å². The summed E-state index contributed by atoms with van der Waals surface area (Å²) in [6, 6.07) is 12.7. The molecule has 2 aromatic carbocycles. The Morgan fingerprint density at radius 2 is 1.93 bits per heavy atom. The summed E-state index contributed by atoms with van der Waals surface area (Å²) in [6.07, 6.45) is 1.49. The van der Waals surface area contributed by atoms with E-state index in [-0.39, 0.29) is 18.2 Å². The second kappa shape index (κ2) is 10.1. The molecule has 0 fully saturated rings. The molecule has 5 nitrogen and oxygen atoms in total. The summed E-state index contributed by atoms with van der Waals surface area (Å²) in [5, 5.41) is 2.82. The van der Waals surface area contributed by atoms with E-state index in [0.717, 1.165) is 14.9 Å². The van der Waals surface area contributed by atoms with Gasteiger partial charge in [-0.05, 0) is 48.4 Å². The minimum Gasteiger partial charge on any atom is -0.325 e. The highest BCUT2D eigenvalue weighted by Gasteiger charge is 2.11. The van der Waals surface area contributed by atoms with E-state index < -0.39 is 10.0 Å². The van der Waals surface area contributed by atoms with Crippen molar-refractivity contribution in [2.24, 2.45) is 0 Å². The fourth-order valence-electron chi connectivity index (χ4n) is 2.26. The topological polar surface area (TPSA) is 75.3 Å². The van der Waals surface area contributed by atoms with Crippen LogP contribution in [-0.2, 0) is 20.6 Å². The number of thioether (sulfide) groups is 1. The lowest BCUT2D eigenvalue weighted by atomic mass is 10.2. The third kappa shape index (κ3) is 7.50. The van der Waals surface area contributed by atoms with Crippen molar-refractivity contribution in [2.75, 3.05) is 17.6 Å². The largest absolute Gasteiger partial charge is 0.325 e. The molecule has 27 heavy (non-hydrogen) atoms. The fraction of sp³-hybridized carbons (Fsp3) is 0.211. The van der Waals surface area contributed by atoms with Crippen LogP contribution in [0, 0.1) is 6.92 Å². The number of benzene rings is 2. The fourth-order valence-corrected chi connectivity index (χ4v) is 4.65. The van der Waals surface area contributed by atoms with Crippen molar-refractivity contribution in [3.63, 3.8) is 0 Å². The van der Waals surface area contributed by atoms with Gasteiger partial charge in [-0.25, -0.2) is 13.1 Å². The average Bonchev–Trinajstić information content (AvgIpc) is 2.61. The van der Waals surface area contributed by atoms with Gasteiger partial charge in [-0.15, -0.1) is 18.3 Å². The maximum Gasteiger partial charge on any atom is 0.234 e. The van der Waals surface area contributed by atoms with E-state index in [4.69, 9.17) is 0 Å². The van der Waals surface area contributed by atoms with Crippen LogP contribution in [-0.4, -0.2) is 26.6 Å². The van der Waals surface area contributed by atoms with E-state index >= 15 is 0 Å². The van der Waals surface area contributed by atoms with Crippen LogP contribution in [0.2, 0.25) is 0 Å². The normalized spacial score (nSPS) is 11.2. The summed E-state index contributed by atoms with van der Waals surface area (Å²) in [7, 11) is -3.39. The maximum atomic E-state index is 12.1. The second-order valence-electron chi connectivity index (χ2n) is 5.84. The summed E-state index contributed by atoms with van der Waals surface area (Å²) >= 11 is 4.90. The molecule has 0 saturated carbocycles. The highest BCUT2D eigenvalue weighted by Crippen LogP contribution is 2.25. The Kier molecular flexibility index (Phi) is 8.09. The lowest BCUT2D eigenvalue weighted by molar-refractivity contribution is -0.113. The Balaban J connectivity index is 1.88. The van der Waals surface area contributed by atoms with Gasteiger partial charge in [0, 0.05) is 21.6 Å². The Hall–Kier alpha value is -1.61. The molecule has 0 aliphatic heterocycles. The van der Waals surface area contributed by atoms with E-state index in [1.807, 2.05) is 25.1 Å². The molecule has 0 atom stereocenters. The quantitative estimate of drug-likeness (QED) is 0.429. The minimum absolute atomic E-state index is 0.115. The molecular formula is C19H21BrN2O3S2. The van der Waals surface area contributed by atoms with Crippen LogP contribution < -0.4 is 10.0 Å². The Labute approximate surface area is 172 Å². The molecule has 0 aliphatic carbocycles. The van der Waals surface area contributed by atoms with Gasteiger partial charge in [-0.3, -0.25) is 4.79 Å². The summed E-state index contributed by atoms with van der Waals surface area (Å²) in [6.45, 7) is 5.68. The number of nitrogens with one attached hydrogen (secondary N) is 2. The Morgan fingerprint density at radius 1 is 1.22 bits per heavy atom. The Morgan fingerprint density at radius 3 is 2.56 bits per heavy atom. The monoisotopic (exact) mass is 468 g/mol. The first-order valence-corrected chi connectivity index (χ1v) is 11.6. The van der Waals surface area contributed by atoms with Gasteiger partial charge in [0.25, 0.3) is 0 Å². The molecule has 1 amide bonds. The molecule has 2 N–H and O–H groups in total. The average molecular weight is 469 g/mol. The maximum absolute atomic E-state index is 12.1. The molecule has 0 heterocycles. The number of hydrogen-bond donors (Lipinski definition) is 2. The third-order valence-corrected chi connectivity index (χ3v) is 6.53. The number of anilines is 1. The van der Waals surface area contributed by atoms with Gasteiger partial charge in [-0.1, -0.05) is 34.1 Å². The zero-order valence-electron chi connectivity index (χ0n) is 14.9. The van der Waals surface area contributed by atoms with Gasteiger partial charge < -0.3 is 5.32 Å². The molecule has 144 valence electrons. The minimum atomic E-state index is -3.39. The van der Waals surface area contributed by atoms with E-state index in [1.165, 1.54) is 17.8 Å². The van der Waals surface area contributed by atoms with E-state index in [9.17, 15) is 13.2 Å². The summed E-state index contributed by atoms with van der Waals surface area (Å²) in [5.74, 6) is 0.0630. The van der Waals surface area contributed by atoms with Crippen molar-refractivity contribution < 1.29 is 13.2 Å². The lowest BCUT2D eigenvalue weighted by Crippen LogP contribution is -2.25. The van der Waals surface area contributed by atoms with Gasteiger partial charge in [0.15, 0.2) is 0 Å². The number of halogens is 1. The van der Waals surface area contributed by atoms with Crippen LogP contribution >= 0.6 is 27.7 Å². The highest BCUT2D eigenvalue weighted by atomic mass is 79.9. The molecule has 0 spiro atoms. The highest BCUT2D eigenvalue weighted by molar-refractivity contribution is 9.10. The molecule has 2 rings (SSSR count). The summed E-state index contributed by atoms with van der Waals surface area (Å²) < 4.78 is 27.1. The number of carbonyl (C=O) groups is 1. The molecule has 0 saturated heterocycles. The number of carbonyl (C=O) groups excluding carboxylic acids is 1. The van der Waals surface area contributed by atoms with Crippen molar-refractivity contribution >= 4 is 49.3 Å². The number of amides is 1. The first-order chi connectivity index (χ1) is 12.8. The second-order valence-corrected chi connectivity index (χ2v) is 9.58. The summed E-state index contributed by atoms with van der Waals surface area (Å²) in [4.78, 5) is 13.2. The lowest BCUT2D eigenvalue weighted by Gasteiger charge is -2.09. The SMILES string of the molecule is C=CCNS(=O)(=O)Cc1ccc(NC(=O)CSc2ccc(Br)cc2C)cc1. The Bertz CT molecular complexity index is 913. The van der Waals surface area contributed by atoms with Gasteiger partial charge in [0.05, 0.1) is 11.5 Å². The van der Waals surface area contributed by atoms with Crippen LogP contribution in [0.25, 0.3) is 0 Å². The van der Waals surface area contributed by atoms with Crippen molar-refractivity contribution in [2.45, 2.75) is 17.6 Å². The van der Waals surface area contributed by atoms with Crippen molar-refractivity contribution in [1.29, 1.82) is 0 Å². The van der Waals surface area contributed by atoms with Crippen LogP contribution in [0.4, 0.5) is 5.69 Å². The predicted octanol–water partition coefficient (Wildman–Crippen LogP) is 4.09. The molecule has 8 heteroatoms. The smallest absolute Gasteiger partial charge is 0.234 e. The van der Waals surface area contributed by atoms with Crippen molar-refractivity contribution in [1.82, 2.24) is 4.72 Å². The summed E-state index contributed by atoms with van der Waals surface area (Å²) in [5.41, 5.74) is 2.38. The zero-order chi connectivity index (χ0) is 19.9. The molecule has 0 unspecified atom stereocenters. The van der Waals surface area contributed by atoms with E-state index in [1.54, 1.807) is 24.3 Å². The first kappa shape index (κ1) is 21.7. The molecule has 2 aromatic rings. The van der Waals surface area contributed by atoms with E-state index in [2.05, 4.69) is 32.5 Å². The van der Waals surface area contributed by atoms with E-state index in [0.29, 0.717) is 17.0 Å². The van der Waals surface area contributed by atoms with Gasteiger partial charge in [0.2, 0.25) is 15.9 Å². The molecule has 0 bridgehead atoms. The molecule has 0 aliphatic rings. The number of rotatable bonds is 9. The van der Waals surface area contributed by atoms with Crippen LogP contribution in [0.15, 0.2) is 64.5 Å². The number of hydrogen-bond acceptors (Lipinski definition) is 4. The first-order valence-electron chi connectivity index (χ1n) is 8.15. The predicted molar refractivity (Wildman–Crippen MR) is 115 cm³/mol.